The molecule has 0 saturated carbocycles. The first-order chi connectivity index (χ1) is 8.16. The lowest BCUT2D eigenvalue weighted by Gasteiger charge is -2.20. The van der Waals surface area contributed by atoms with Gasteiger partial charge in [0.05, 0.1) is 10.0 Å². The Labute approximate surface area is 130 Å². The van der Waals surface area contributed by atoms with Crippen molar-refractivity contribution in [2.75, 3.05) is 13.6 Å². The number of nitrogens with zero attached hydrogens (tertiary/aromatic N) is 1. The maximum absolute atomic E-state index is 12.3. The molecular formula is C10H11BrCl3NO2S. The van der Waals surface area contributed by atoms with Crippen LogP contribution >= 0.6 is 50.7 Å². The number of sulfonamides is 1. The molecule has 0 spiro atoms. The number of hydrogen-bond acceptors (Lipinski definition) is 2. The summed E-state index contributed by atoms with van der Waals surface area (Å²) in [6.45, 7) is 1.88. The summed E-state index contributed by atoms with van der Waals surface area (Å²) in [7, 11) is -2.31. The summed E-state index contributed by atoms with van der Waals surface area (Å²) in [5.74, 6) is 0. The summed E-state index contributed by atoms with van der Waals surface area (Å²) in [4.78, 5) is -0.103. The van der Waals surface area contributed by atoms with Gasteiger partial charge in [0.25, 0.3) is 0 Å². The summed E-state index contributed by atoms with van der Waals surface area (Å²) >= 11 is 20.9. The summed E-state index contributed by atoms with van der Waals surface area (Å²) in [6.07, 6.45) is 0. The van der Waals surface area contributed by atoms with E-state index in [0.717, 1.165) is 4.31 Å². The molecule has 0 heterocycles. The zero-order valence-corrected chi connectivity index (χ0v) is 14.3. The second kappa shape index (κ2) is 6.29. The molecular weight excluding hydrogens is 384 g/mol. The van der Waals surface area contributed by atoms with Gasteiger partial charge in [0.1, 0.15) is 4.90 Å². The molecule has 0 fully saturated rings. The fourth-order valence-corrected chi connectivity index (χ4v) is 4.81. The van der Waals surface area contributed by atoms with Crippen molar-refractivity contribution in [1.82, 2.24) is 4.31 Å². The Kier molecular flexibility index (Phi) is 5.77. The third-order valence-electron chi connectivity index (χ3n) is 2.14. The van der Waals surface area contributed by atoms with E-state index in [-0.39, 0.29) is 26.9 Å². The van der Waals surface area contributed by atoms with Crippen LogP contribution in [-0.2, 0) is 10.0 Å². The lowest BCUT2D eigenvalue weighted by Crippen LogP contribution is -2.31. The van der Waals surface area contributed by atoms with E-state index in [0.29, 0.717) is 4.47 Å². The Balaban J connectivity index is 3.29. The summed E-state index contributed by atoms with van der Waals surface area (Å²) in [5, 5.41) is -0.162. The minimum atomic E-state index is -3.75. The van der Waals surface area contributed by atoms with E-state index in [1.54, 1.807) is 6.92 Å². The van der Waals surface area contributed by atoms with E-state index in [1.807, 2.05) is 0 Å². The van der Waals surface area contributed by atoms with Gasteiger partial charge in [-0.05, 0) is 19.1 Å². The summed E-state index contributed by atoms with van der Waals surface area (Å²) in [6, 6.07) is 2.97. The first-order valence-electron chi connectivity index (χ1n) is 4.91. The van der Waals surface area contributed by atoms with Crippen LogP contribution in [0.15, 0.2) is 21.5 Å². The Morgan fingerprint density at radius 3 is 2.17 bits per heavy atom. The van der Waals surface area contributed by atoms with E-state index in [2.05, 4.69) is 15.9 Å². The number of hydrogen-bond donors (Lipinski definition) is 0. The van der Waals surface area contributed by atoms with Gasteiger partial charge in [-0.15, -0.1) is 11.6 Å². The third-order valence-corrected chi connectivity index (χ3v) is 5.48. The summed E-state index contributed by atoms with van der Waals surface area (Å²) in [5.41, 5.74) is 0. The fourth-order valence-electron chi connectivity index (χ4n) is 1.38. The molecule has 1 atom stereocenters. The van der Waals surface area contributed by atoms with Crippen LogP contribution in [0.25, 0.3) is 0 Å². The van der Waals surface area contributed by atoms with Crippen LogP contribution in [0, 0.1) is 0 Å². The van der Waals surface area contributed by atoms with Crippen molar-refractivity contribution in [3.8, 4) is 0 Å². The monoisotopic (exact) mass is 393 g/mol. The Hall–Kier alpha value is 0.480. The molecule has 0 aliphatic rings. The second-order valence-corrected chi connectivity index (χ2v) is 8.22. The lowest BCUT2D eigenvalue weighted by molar-refractivity contribution is 0.470. The van der Waals surface area contributed by atoms with Crippen molar-refractivity contribution in [1.29, 1.82) is 0 Å². The van der Waals surface area contributed by atoms with Gasteiger partial charge in [0.2, 0.25) is 10.0 Å². The van der Waals surface area contributed by atoms with E-state index < -0.39 is 10.0 Å². The average molecular weight is 396 g/mol. The molecule has 0 radical (unpaired) electrons. The molecule has 0 aliphatic carbocycles. The van der Waals surface area contributed by atoms with Crippen molar-refractivity contribution < 1.29 is 8.42 Å². The van der Waals surface area contributed by atoms with Crippen molar-refractivity contribution >= 4 is 60.8 Å². The summed E-state index contributed by atoms with van der Waals surface area (Å²) < 4.78 is 26.4. The van der Waals surface area contributed by atoms with Crippen LogP contribution in [0.3, 0.4) is 0 Å². The van der Waals surface area contributed by atoms with E-state index >= 15 is 0 Å². The predicted octanol–water partition coefficient (Wildman–Crippen LogP) is 4.00. The molecule has 0 amide bonds. The Bertz CT molecular complexity index is 525. The highest BCUT2D eigenvalue weighted by Crippen LogP contribution is 2.34. The smallest absolute Gasteiger partial charge is 0.207 e. The van der Waals surface area contributed by atoms with E-state index in [1.165, 1.54) is 19.2 Å². The Morgan fingerprint density at radius 2 is 1.78 bits per heavy atom. The molecule has 3 nitrogen and oxygen atoms in total. The minimum absolute atomic E-state index is 0.0726. The van der Waals surface area contributed by atoms with E-state index in [9.17, 15) is 8.42 Å². The normalized spacial score (nSPS) is 13.9. The van der Waals surface area contributed by atoms with E-state index in [4.69, 9.17) is 34.8 Å². The molecule has 1 aromatic carbocycles. The molecule has 8 heteroatoms. The predicted molar refractivity (Wildman–Crippen MR) is 79.3 cm³/mol. The molecule has 0 aromatic heterocycles. The number of benzene rings is 1. The highest BCUT2D eigenvalue weighted by Gasteiger charge is 2.27. The zero-order valence-electron chi connectivity index (χ0n) is 9.62. The van der Waals surface area contributed by atoms with Crippen LogP contribution in [-0.4, -0.2) is 31.7 Å². The van der Waals surface area contributed by atoms with Gasteiger partial charge in [-0.3, -0.25) is 0 Å². The van der Waals surface area contributed by atoms with Gasteiger partial charge in [-0.1, -0.05) is 39.1 Å². The van der Waals surface area contributed by atoms with Crippen LogP contribution < -0.4 is 0 Å². The van der Waals surface area contributed by atoms with Crippen LogP contribution in [0.4, 0.5) is 0 Å². The Morgan fingerprint density at radius 1 is 1.33 bits per heavy atom. The maximum Gasteiger partial charge on any atom is 0.245 e. The molecule has 1 rings (SSSR count). The van der Waals surface area contributed by atoms with Gasteiger partial charge >= 0.3 is 0 Å². The standard InChI is InChI=1S/C10H11BrCl3NO2S/c1-6(12)5-15(2)18(16,17)10-8(13)3-7(11)4-9(10)14/h3-4,6H,5H2,1-2H3. The van der Waals surface area contributed by atoms with Crippen molar-refractivity contribution in [2.45, 2.75) is 17.2 Å². The molecule has 1 unspecified atom stereocenters. The second-order valence-electron chi connectivity index (χ2n) is 3.76. The zero-order chi connectivity index (χ0) is 14.1. The van der Waals surface area contributed by atoms with Gasteiger partial charge in [0, 0.05) is 23.4 Å². The van der Waals surface area contributed by atoms with Crippen molar-refractivity contribution in [3.63, 3.8) is 0 Å². The SMILES string of the molecule is CC(Cl)CN(C)S(=O)(=O)c1c(Cl)cc(Br)cc1Cl. The first kappa shape index (κ1) is 16.5. The highest BCUT2D eigenvalue weighted by atomic mass is 79.9. The third kappa shape index (κ3) is 3.74. The van der Waals surface area contributed by atoms with Gasteiger partial charge < -0.3 is 0 Å². The number of halogens is 4. The molecule has 102 valence electrons. The number of rotatable bonds is 4. The fraction of sp³-hybridized carbons (Fsp3) is 0.400. The topological polar surface area (TPSA) is 37.4 Å². The quantitative estimate of drug-likeness (QED) is 0.723. The molecule has 0 aliphatic heterocycles. The molecule has 18 heavy (non-hydrogen) atoms. The minimum Gasteiger partial charge on any atom is -0.207 e. The molecule has 0 saturated heterocycles. The lowest BCUT2D eigenvalue weighted by atomic mass is 10.4. The van der Waals surface area contributed by atoms with Crippen molar-refractivity contribution in [2.24, 2.45) is 0 Å². The number of alkyl halides is 1. The van der Waals surface area contributed by atoms with Gasteiger partial charge in [-0.2, -0.15) is 4.31 Å². The van der Waals surface area contributed by atoms with Crippen LogP contribution in [0.1, 0.15) is 6.92 Å². The van der Waals surface area contributed by atoms with Crippen molar-refractivity contribution in [3.05, 3.63) is 26.7 Å². The van der Waals surface area contributed by atoms with Crippen LogP contribution in [0.2, 0.25) is 10.0 Å². The molecule has 0 bridgehead atoms. The van der Waals surface area contributed by atoms with Crippen LogP contribution in [0.5, 0.6) is 0 Å². The van der Waals surface area contributed by atoms with Gasteiger partial charge in [-0.25, -0.2) is 8.42 Å². The molecule has 1 aromatic rings. The highest BCUT2D eigenvalue weighted by molar-refractivity contribution is 9.10. The first-order valence-corrected chi connectivity index (χ1v) is 8.33. The van der Waals surface area contributed by atoms with Gasteiger partial charge in [0.15, 0.2) is 0 Å². The average Bonchev–Trinajstić information content (AvgIpc) is 2.13. The largest absolute Gasteiger partial charge is 0.245 e. The maximum atomic E-state index is 12.3. The molecule has 0 N–H and O–H groups in total.